The highest BCUT2D eigenvalue weighted by Crippen LogP contribution is 2.31. The molecule has 34 heavy (non-hydrogen) atoms. The van der Waals surface area contributed by atoms with E-state index < -0.39 is 23.5 Å². The number of amides is 1. The highest BCUT2D eigenvalue weighted by atomic mass is 35.5. The van der Waals surface area contributed by atoms with Gasteiger partial charge in [-0.1, -0.05) is 11.6 Å². The summed E-state index contributed by atoms with van der Waals surface area (Å²) in [4.78, 5) is 19.7. The Kier molecular flexibility index (Phi) is 7.08. The van der Waals surface area contributed by atoms with Crippen LogP contribution in [0.25, 0.3) is 11.1 Å². The van der Waals surface area contributed by atoms with E-state index >= 15 is 0 Å². The molecule has 4 rings (SSSR count). The predicted octanol–water partition coefficient (Wildman–Crippen LogP) is 5.41. The summed E-state index contributed by atoms with van der Waals surface area (Å²) in [6.45, 7) is 1.09. The van der Waals surface area contributed by atoms with Crippen molar-refractivity contribution < 1.29 is 27.1 Å². The molecule has 0 aliphatic carbocycles. The Morgan fingerprint density at radius 3 is 2.68 bits per heavy atom. The van der Waals surface area contributed by atoms with Crippen LogP contribution in [0.15, 0.2) is 42.7 Å². The number of anilines is 1. The molecule has 3 N–H and O–H groups in total. The number of aromatic nitrogens is 2. The number of aromatic amines is 1. The predicted molar refractivity (Wildman–Crippen MR) is 119 cm³/mol. The van der Waals surface area contributed by atoms with Crippen LogP contribution in [-0.2, 0) is 17.5 Å². The number of hydrogen-bond acceptors (Lipinski definition) is 4. The molecule has 0 radical (unpaired) electrons. The molecule has 180 valence electrons. The number of hydrogen-bond donors (Lipinski definition) is 3. The molecule has 1 fully saturated rings. The van der Waals surface area contributed by atoms with Crippen molar-refractivity contribution in [2.24, 2.45) is 0 Å². The number of benzene rings is 1. The lowest BCUT2D eigenvalue weighted by atomic mass is 10.1. The number of halogens is 5. The average molecular weight is 497 g/mol. The lowest BCUT2D eigenvalue weighted by molar-refractivity contribution is -0.137. The highest BCUT2D eigenvalue weighted by molar-refractivity contribution is 6.33. The summed E-state index contributed by atoms with van der Waals surface area (Å²) >= 11 is 6.32. The fourth-order valence-corrected chi connectivity index (χ4v) is 3.88. The van der Waals surface area contributed by atoms with Crippen molar-refractivity contribution in [2.45, 2.75) is 31.6 Å². The van der Waals surface area contributed by atoms with Gasteiger partial charge in [0.1, 0.15) is 17.3 Å². The van der Waals surface area contributed by atoms with Gasteiger partial charge in [-0.25, -0.2) is 9.37 Å². The van der Waals surface area contributed by atoms with Gasteiger partial charge >= 0.3 is 6.18 Å². The zero-order chi connectivity index (χ0) is 24.3. The van der Waals surface area contributed by atoms with Gasteiger partial charge in [0.2, 0.25) is 0 Å². The second kappa shape index (κ2) is 10.0. The Hall–Kier alpha value is -3.11. The summed E-state index contributed by atoms with van der Waals surface area (Å²) in [5, 5.41) is 6.24. The molecule has 3 aromatic rings. The molecule has 6 nitrogen and oxygen atoms in total. The second-order valence-electron chi connectivity index (χ2n) is 7.91. The quantitative estimate of drug-likeness (QED) is 0.399. The van der Waals surface area contributed by atoms with E-state index in [1.807, 2.05) is 0 Å². The van der Waals surface area contributed by atoms with Gasteiger partial charge in [-0.2, -0.15) is 13.2 Å². The van der Waals surface area contributed by atoms with E-state index in [4.69, 9.17) is 16.3 Å². The van der Waals surface area contributed by atoms with Gasteiger partial charge in [0.05, 0.1) is 10.6 Å². The number of H-pyrrole nitrogens is 1. The number of nitrogens with zero attached hydrogens (tertiary/aromatic N) is 1. The molecule has 2 aromatic heterocycles. The first kappa shape index (κ1) is 24.0. The lowest BCUT2D eigenvalue weighted by Gasteiger charge is -2.23. The van der Waals surface area contributed by atoms with Gasteiger partial charge in [0.25, 0.3) is 5.91 Å². The van der Waals surface area contributed by atoms with Crippen molar-refractivity contribution in [1.82, 2.24) is 15.3 Å². The van der Waals surface area contributed by atoms with Crippen LogP contribution >= 0.6 is 11.6 Å². The van der Waals surface area contributed by atoms with Crippen molar-refractivity contribution in [2.75, 3.05) is 18.5 Å². The Morgan fingerprint density at radius 1 is 1.18 bits per heavy atom. The number of alkyl halides is 3. The molecule has 11 heteroatoms. The number of pyridine rings is 1. The molecule has 1 aliphatic rings. The Morgan fingerprint density at radius 2 is 1.94 bits per heavy atom. The fourth-order valence-electron chi connectivity index (χ4n) is 3.66. The van der Waals surface area contributed by atoms with E-state index in [9.17, 15) is 22.4 Å². The fraction of sp³-hybridized carbons (Fsp3) is 0.304. The molecule has 0 saturated carbocycles. The summed E-state index contributed by atoms with van der Waals surface area (Å²) in [6.07, 6.45) is 0.164. The number of ether oxygens (including phenoxy) is 1. The van der Waals surface area contributed by atoms with Crippen molar-refractivity contribution in [1.29, 1.82) is 0 Å². The highest BCUT2D eigenvalue weighted by Gasteiger charge is 2.31. The Balaban J connectivity index is 1.44. The molecule has 0 atom stereocenters. The Bertz CT molecular complexity index is 1180. The average Bonchev–Trinajstić information content (AvgIpc) is 3.29. The normalized spacial score (nSPS) is 14.7. The van der Waals surface area contributed by atoms with Crippen molar-refractivity contribution in [3.8, 4) is 11.1 Å². The SMILES string of the molecule is O=C(NCc1cc(F)cc(C(F)(F)F)c1)c1cc(-c2cc(NC3CCOCC3)ncc2Cl)c[nH]1. The number of carbonyl (C=O) groups excluding carboxylic acids is 1. The van der Waals surface area contributed by atoms with E-state index in [1.165, 1.54) is 6.20 Å². The summed E-state index contributed by atoms with van der Waals surface area (Å²) in [5.41, 5.74) is 0.346. The topological polar surface area (TPSA) is 79.0 Å². The lowest BCUT2D eigenvalue weighted by Crippen LogP contribution is -2.28. The molecule has 0 unspecified atom stereocenters. The van der Waals surface area contributed by atoms with Crippen LogP contribution in [0.1, 0.15) is 34.5 Å². The molecule has 1 amide bonds. The standard InChI is InChI=1S/C23H21ClF4N4O2/c24-19-12-30-21(32-17-1-3-34-4-2-17)9-18(19)14-7-20(29-11-14)22(33)31-10-13-5-15(23(26,27)28)8-16(25)6-13/h5-9,11-12,17,29H,1-4,10H2,(H,30,32)(H,31,33). The maximum atomic E-state index is 13.6. The van der Waals surface area contributed by atoms with Gasteiger partial charge in [0.15, 0.2) is 0 Å². The number of rotatable bonds is 6. The van der Waals surface area contributed by atoms with Crippen molar-refractivity contribution >= 4 is 23.3 Å². The summed E-state index contributed by atoms with van der Waals surface area (Å²) in [5.74, 6) is -0.946. The molecule has 3 heterocycles. The van der Waals surface area contributed by atoms with Crippen LogP contribution < -0.4 is 10.6 Å². The minimum atomic E-state index is -4.68. The van der Waals surface area contributed by atoms with Gasteiger partial charge in [-0.05, 0) is 48.7 Å². The molecular formula is C23H21ClF4N4O2. The largest absolute Gasteiger partial charge is 0.416 e. The van der Waals surface area contributed by atoms with Gasteiger partial charge in [0, 0.05) is 49.3 Å². The minimum absolute atomic E-state index is 0.00605. The van der Waals surface area contributed by atoms with Crippen LogP contribution in [0.5, 0.6) is 0 Å². The van der Waals surface area contributed by atoms with Crippen molar-refractivity contribution in [3.63, 3.8) is 0 Å². The van der Waals surface area contributed by atoms with E-state index in [1.54, 1.807) is 18.3 Å². The van der Waals surface area contributed by atoms with Gasteiger partial charge < -0.3 is 20.4 Å². The molecule has 1 saturated heterocycles. The first-order valence-electron chi connectivity index (χ1n) is 10.5. The first-order valence-corrected chi connectivity index (χ1v) is 10.9. The summed E-state index contributed by atoms with van der Waals surface area (Å²) in [6, 6.07) is 5.75. The third-order valence-electron chi connectivity index (χ3n) is 5.41. The summed E-state index contributed by atoms with van der Waals surface area (Å²) in [7, 11) is 0. The minimum Gasteiger partial charge on any atom is -0.381 e. The van der Waals surface area contributed by atoms with E-state index in [2.05, 4.69) is 20.6 Å². The van der Waals surface area contributed by atoms with Crippen LogP contribution in [-0.4, -0.2) is 35.1 Å². The monoisotopic (exact) mass is 496 g/mol. The molecule has 1 aliphatic heterocycles. The zero-order valence-corrected chi connectivity index (χ0v) is 18.6. The third kappa shape index (κ3) is 5.87. The molecule has 0 bridgehead atoms. The number of carbonyl (C=O) groups is 1. The van der Waals surface area contributed by atoms with Crippen LogP contribution in [0.3, 0.4) is 0 Å². The van der Waals surface area contributed by atoms with E-state index in [0.29, 0.717) is 41.2 Å². The van der Waals surface area contributed by atoms with Gasteiger partial charge in [-0.15, -0.1) is 0 Å². The van der Waals surface area contributed by atoms with Gasteiger partial charge in [-0.3, -0.25) is 4.79 Å². The maximum Gasteiger partial charge on any atom is 0.416 e. The number of nitrogens with one attached hydrogen (secondary N) is 3. The van der Waals surface area contributed by atoms with Crippen LogP contribution in [0.2, 0.25) is 5.02 Å². The van der Waals surface area contributed by atoms with E-state index in [-0.39, 0.29) is 23.8 Å². The second-order valence-corrected chi connectivity index (χ2v) is 8.32. The maximum absolute atomic E-state index is 13.6. The molecular weight excluding hydrogens is 476 g/mol. The smallest absolute Gasteiger partial charge is 0.381 e. The molecule has 0 spiro atoms. The van der Waals surface area contributed by atoms with Crippen LogP contribution in [0, 0.1) is 5.82 Å². The van der Waals surface area contributed by atoms with Crippen molar-refractivity contribution in [3.05, 3.63) is 70.4 Å². The third-order valence-corrected chi connectivity index (χ3v) is 5.71. The zero-order valence-electron chi connectivity index (χ0n) is 17.8. The summed E-state index contributed by atoms with van der Waals surface area (Å²) < 4.78 is 57.6. The van der Waals surface area contributed by atoms with E-state index in [0.717, 1.165) is 25.0 Å². The van der Waals surface area contributed by atoms with Crippen LogP contribution in [0.4, 0.5) is 23.4 Å². The Labute approximate surface area is 197 Å². The molecule has 1 aromatic carbocycles. The first-order chi connectivity index (χ1) is 16.2.